The van der Waals surface area contributed by atoms with E-state index >= 15 is 0 Å². The molecule has 2 heterocycles. The molecule has 0 fully saturated rings. The lowest BCUT2D eigenvalue weighted by Crippen LogP contribution is -2.36. The van der Waals surface area contributed by atoms with Gasteiger partial charge in [0.25, 0.3) is 0 Å². The Kier molecular flexibility index (Phi) is 3.68. The molecule has 2 aromatic heterocycles. The third-order valence-electron chi connectivity index (χ3n) is 2.84. The van der Waals surface area contributed by atoms with Crippen molar-refractivity contribution in [3.63, 3.8) is 0 Å². The van der Waals surface area contributed by atoms with Crippen LogP contribution in [-0.2, 0) is 0 Å². The van der Waals surface area contributed by atoms with Crippen LogP contribution in [0.4, 0.5) is 0 Å². The second-order valence-electron chi connectivity index (χ2n) is 4.32. The molecule has 0 atom stereocenters. The molecule has 7 heteroatoms. The zero-order chi connectivity index (χ0) is 14.7. The maximum atomic E-state index is 9.35. The molecule has 0 amide bonds. The molecular weight excluding hydrogens is 267 g/mol. The summed E-state index contributed by atoms with van der Waals surface area (Å²) >= 11 is 0. The summed E-state index contributed by atoms with van der Waals surface area (Å²) in [5, 5.41) is 18.7. The maximum Gasteiger partial charge on any atom is 0.528 e. The van der Waals surface area contributed by atoms with Crippen LogP contribution in [-0.4, -0.2) is 37.1 Å². The first-order chi connectivity index (χ1) is 10.2. The smallest absolute Gasteiger partial charge is 0.421 e. The molecule has 0 radical (unpaired) electrons. The molecule has 0 bridgehead atoms. The van der Waals surface area contributed by atoms with Gasteiger partial charge in [-0.3, -0.25) is 4.98 Å². The van der Waals surface area contributed by atoms with Crippen LogP contribution in [0, 0.1) is 0 Å². The fraction of sp³-hybridized carbons (Fsp3) is 0. The van der Waals surface area contributed by atoms with E-state index in [9.17, 15) is 10.0 Å². The Morgan fingerprint density at radius 3 is 2.05 bits per heavy atom. The van der Waals surface area contributed by atoms with Crippen LogP contribution in [0.3, 0.4) is 0 Å². The van der Waals surface area contributed by atoms with Crippen molar-refractivity contribution in [1.82, 2.24) is 19.9 Å². The first-order valence-electron chi connectivity index (χ1n) is 6.32. The van der Waals surface area contributed by atoms with E-state index in [2.05, 4.69) is 19.9 Å². The minimum Gasteiger partial charge on any atom is -0.421 e. The number of hydrogen-bond donors (Lipinski definition) is 2. The molecule has 21 heavy (non-hydrogen) atoms. The van der Waals surface area contributed by atoms with E-state index < -0.39 is 7.12 Å². The molecule has 0 saturated heterocycles. The van der Waals surface area contributed by atoms with Crippen molar-refractivity contribution < 1.29 is 10.0 Å². The average Bonchev–Trinajstić information content (AvgIpc) is 2.56. The highest BCUT2D eigenvalue weighted by molar-refractivity contribution is 6.56. The highest BCUT2D eigenvalue weighted by Crippen LogP contribution is 2.17. The van der Waals surface area contributed by atoms with Crippen molar-refractivity contribution in [1.29, 1.82) is 0 Å². The molecule has 0 unspecified atom stereocenters. The van der Waals surface area contributed by atoms with E-state index in [-0.39, 0.29) is 5.72 Å². The zero-order valence-corrected chi connectivity index (χ0v) is 11.0. The van der Waals surface area contributed by atoms with Gasteiger partial charge in [0.05, 0.1) is 0 Å². The van der Waals surface area contributed by atoms with Gasteiger partial charge in [0, 0.05) is 23.5 Å². The van der Waals surface area contributed by atoms with E-state index in [1.807, 2.05) is 30.3 Å². The van der Waals surface area contributed by atoms with Gasteiger partial charge in [-0.2, -0.15) is 0 Å². The van der Waals surface area contributed by atoms with Crippen molar-refractivity contribution in [2.24, 2.45) is 0 Å². The van der Waals surface area contributed by atoms with Gasteiger partial charge in [0.1, 0.15) is 0 Å². The molecule has 0 aliphatic heterocycles. The molecular formula is C14H11BN4O2. The Labute approximate surface area is 121 Å². The fourth-order valence-corrected chi connectivity index (χ4v) is 1.85. The lowest BCUT2D eigenvalue weighted by atomic mass is 9.90. The van der Waals surface area contributed by atoms with Gasteiger partial charge in [0.2, 0.25) is 0 Å². The summed E-state index contributed by atoms with van der Waals surface area (Å²) in [4.78, 5) is 16.5. The lowest BCUT2D eigenvalue weighted by Gasteiger charge is -2.06. The summed E-state index contributed by atoms with van der Waals surface area (Å²) in [5.74, 6) is 0.729. The molecule has 3 rings (SSSR count). The largest absolute Gasteiger partial charge is 0.528 e. The molecule has 1 aromatic carbocycles. The van der Waals surface area contributed by atoms with Crippen molar-refractivity contribution in [3.8, 4) is 22.8 Å². The number of pyridine rings is 1. The van der Waals surface area contributed by atoms with Crippen LogP contribution in [0.25, 0.3) is 22.8 Å². The molecule has 3 aromatic rings. The first kappa shape index (κ1) is 13.4. The van der Waals surface area contributed by atoms with Crippen molar-refractivity contribution in [2.45, 2.75) is 0 Å². The summed E-state index contributed by atoms with van der Waals surface area (Å²) in [7, 11) is -1.76. The van der Waals surface area contributed by atoms with Crippen LogP contribution in [0.5, 0.6) is 0 Å². The third-order valence-corrected chi connectivity index (χ3v) is 2.84. The summed E-state index contributed by atoms with van der Waals surface area (Å²) < 4.78 is 0. The summed E-state index contributed by atoms with van der Waals surface area (Å²) in [6.45, 7) is 0. The molecule has 0 aliphatic carbocycles. The van der Waals surface area contributed by atoms with E-state index in [1.165, 1.54) is 0 Å². The van der Waals surface area contributed by atoms with Crippen LogP contribution in [0.15, 0.2) is 54.9 Å². The van der Waals surface area contributed by atoms with E-state index in [1.54, 1.807) is 24.5 Å². The van der Waals surface area contributed by atoms with Gasteiger partial charge in [-0.1, -0.05) is 30.3 Å². The highest BCUT2D eigenvalue weighted by atomic mass is 16.4. The second kappa shape index (κ2) is 5.78. The second-order valence-corrected chi connectivity index (χ2v) is 4.32. The number of aromatic nitrogens is 4. The number of rotatable bonds is 3. The SMILES string of the molecule is OB(O)c1nc(-c2ccccc2)nc(-c2cccnc2)n1. The van der Waals surface area contributed by atoms with Gasteiger partial charge in [-0.05, 0) is 12.1 Å². The van der Waals surface area contributed by atoms with Gasteiger partial charge < -0.3 is 10.0 Å². The van der Waals surface area contributed by atoms with E-state index in [0.29, 0.717) is 17.2 Å². The Morgan fingerprint density at radius 2 is 1.43 bits per heavy atom. The summed E-state index contributed by atoms with van der Waals surface area (Å²) in [5.41, 5.74) is 1.36. The lowest BCUT2D eigenvalue weighted by molar-refractivity contribution is 0.422. The summed E-state index contributed by atoms with van der Waals surface area (Å²) in [6, 6.07) is 12.8. The predicted molar refractivity (Wildman–Crippen MR) is 78.3 cm³/mol. The molecule has 2 N–H and O–H groups in total. The van der Waals surface area contributed by atoms with E-state index in [0.717, 1.165) is 5.56 Å². The van der Waals surface area contributed by atoms with E-state index in [4.69, 9.17) is 0 Å². The van der Waals surface area contributed by atoms with Crippen molar-refractivity contribution >= 4 is 12.8 Å². The van der Waals surface area contributed by atoms with Gasteiger partial charge in [-0.15, -0.1) is 0 Å². The Morgan fingerprint density at radius 1 is 0.762 bits per heavy atom. The third kappa shape index (κ3) is 2.94. The topological polar surface area (TPSA) is 92.0 Å². The van der Waals surface area contributed by atoms with Crippen molar-refractivity contribution in [2.75, 3.05) is 0 Å². The van der Waals surface area contributed by atoms with Crippen molar-refractivity contribution in [3.05, 3.63) is 54.9 Å². The number of benzene rings is 1. The minimum absolute atomic E-state index is 0.0947. The fourth-order valence-electron chi connectivity index (χ4n) is 1.85. The van der Waals surface area contributed by atoms with Crippen LogP contribution < -0.4 is 5.72 Å². The molecule has 6 nitrogen and oxygen atoms in total. The predicted octanol–water partition coefficient (Wildman–Crippen LogP) is 0.280. The quantitative estimate of drug-likeness (QED) is 0.668. The number of hydrogen-bond acceptors (Lipinski definition) is 6. The highest BCUT2D eigenvalue weighted by Gasteiger charge is 2.19. The standard InChI is InChI=1S/C14H11BN4O2/c20-15(21)14-18-12(10-5-2-1-3-6-10)17-13(19-14)11-7-4-8-16-9-11/h1-9,20-21H. The average molecular weight is 278 g/mol. The monoisotopic (exact) mass is 278 g/mol. The molecule has 102 valence electrons. The zero-order valence-electron chi connectivity index (χ0n) is 11.0. The summed E-state index contributed by atoms with van der Waals surface area (Å²) in [6.07, 6.45) is 3.25. The normalized spacial score (nSPS) is 10.4. The molecule has 0 spiro atoms. The maximum absolute atomic E-state index is 9.35. The van der Waals surface area contributed by atoms with Gasteiger partial charge >= 0.3 is 7.12 Å². The van der Waals surface area contributed by atoms with Gasteiger partial charge in [0.15, 0.2) is 17.4 Å². The van der Waals surface area contributed by atoms with Crippen LogP contribution >= 0.6 is 0 Å². The van der Waals surface area contributed by atoms with Crippen LogP contribution in [0.2, 0.25) is 0 Å². The first-order valence-corrected chi connectivity index (χ1v) is 6.32. The Hall–Kier alpha value is -2.64. The molecule has 0 saturated carbocycles. The molecule has 0 aliphatic rings. The van der Waals surface area contributed by atoms with Crippen LogP contribution in [0.1, 0.15) is 0 Å². The minimum atomic E-state index is -1.76. The number of nitrogens with zero attached hydrogens (tertiary/aromatic N) is 4. The Balaban J connectivity index is 2.16. The van der Waals surface area contributed by atoms with Gasteiger partial charge in [-0.25, -0.2) is 15.0 Å². The Bertz CT molecular complexity index is 681.